The van der Waals surface area contributed by atoms with Crippen molar-refractivity contribution in [3.05, 3.63) is 101 Å². The Labute approximate surface area is 201 Å². The number of pyridine rings is 1. The molecule has 1 fully saturated rings. The lowest BCUT2D eigenvalue weighted by Gasteiger charge is -2.32. The van der Waals surface area contributed by atoms with Crippen molar-refractivity contribution in [2.75, 3.05) is 19.6 Å². The quantitative estimate of drug-likeness (QED) is 0.453. The summed E-state index contributed by atoms with van der Waals surface area (Å²) in [5.74, 6) is 0.530. The maximum absolute atomic E-state index is 13.2. The van der Waals surface area contributed by atoms with Crippen molar-refractivity contribution in [2.45, 2.75) is 45.3 Å². The summed E-state index contributed by atoms with van der Waals surface area (Å²) in [6, 6.07) is 17.1. The van der Waals surface area contributed by atoms with E-state index in [9.17, 15) is 9.18 Å². The fourth-order valence-corrected chi connectivity index (χ4v) is 5.25. The second-order valence-electron chi connectivity index (χ2n) is 9.78. The molecular formula is C29H32FN3O. The molecule has 0 unspecified atom stereocenters. The van der Waals surface area contributed by atoms with Gasteiger partial charge in [0.2, 0.25) is 0 Å². The predicted molar refractivity (Wildman–Crippen MR) is 132 cm³/mol. The molecule has 176 valence electrons. The van der Waals surface area contributed by atoms with E-state index < -0.39 is 0 Å². The van der Waals surface area contributed by atoms with Gasteiger partial charge in [-0.2, -0.15) is 0 Å². The summed E-state index contributed by atoms with van der Waals surface area (Å²) in [5.41, 5.74) is 5.81. The Hall–Kier alpha value is -2.89. The van der Waals surface area contributed by atoms with Gasteiger partial charge < -0.3 is 0 Å². The third-order valence-electron chi connectivity index (χ3n) is 7.25. The molecule has 34 heavy (non-hydrogen) atoms. The number of fused-ring (bicyclic) bond motifs is 1. The van der Waals surface area contributed by atoms with E-state index in [1.54, 1.807) is 0 Å². The summed E-state index contributed by atoms with van der Waals surface area (Å²) in [7, 11) is 0. The van der Waals surface area contributed by atoms with Gasteiger partial charge in [0, 0.05) is 50.6 Å². The Bertz CT molecular complexity index is 1110. The second-order valence-corrected chi connectivity index (χ2v) is 9.78. The molecule has 0 radical (unpaired) electrons. The molecule has 2 aliphatic rings. The Morgan fingerprint density at radius 1 is 0.912 bits per heavy atom. The monoisotopic (exact) mass is 457 g/mol. The highest BCUT2D eigenvalue weighted by molar-refractivity contribution is 5.96. The van der Waals surface area contributed by atoms with Crippen molar-refractivity contribution in [3.63, 3.8) is 0 Å². The summed E-state index contributed by atoms with van der Waals surface area (Å²) < 4.78 is 13.2. The number of piperidine rings is 1. The molecular weight excluding hydrogens is 425 g/mol. The zero-order valence-electron chi connectivity index (χ0n) is 19.6. The summed E-state index contributed by atoms with van der Waals surface area (Å²) >= 11 is 0. The number of halogens is 1. The van der Waals surface area contributed by atoms with E-state index in [1.165, 1.54) is 28.8 Å². The molecule has 0 aliphatic carbocycles. The van der Waals surface area contributed by atoms with Gasteiger partial charge in [0.1, 0.15) is 5.82 Å². The third kappa shape index (κ3) is 5.78. The van der Waals surface area contributed by atoms with Gasteiger partial charge in [-0.05, 0) is 84.8 Å². The standard InChI is InChI=1S/C29H32FN3O/c30-28-7-3-23(4-8-28)19-33-15-11-25-5-6-26(17-27(25)21-33)29(34)16-22-9-13-32(14-10-22)20-24-2-1-12-31-18-24/h1-8,12,17-18,22H,9-11,13-16,19-21H2. The number of ketones is 1. The van der Waals surface area contributed by atoms with Crippen molar-refractivity contribution >= 4 is 5.78 Å². The van der Waals surface area contributed by atoms with E-state index in [0.717, 1.165) is 69.7 Å². The summed E-state index contributed by atoms with van der Waals surface area (Å²) in [5, 5.41) is 0. The van der Waals surface area contributed by atoms with Crippen LogP contribution in [0.5, 0.6) is 0 Å². The molecule has 0 atom stereocenters. The number of rotatable bonds is 7. The summed E-state index contributed by atoms with van der Waals surface area (Å²) in [4.78, 5) is 22.2. The maximum Gasteiger partial charge on any atom is 0.163 e. The normalized spacial score (nSPS) is 17.4. The molecule has 1 aromatic heterocycles. The van der Waals surface area contributed by atoms with Gasteiger partial charge in [-0.15, -0.1) is 0 Å². The van der Waals surface area contributed by atoms with Crippen LogP contribution in [-0.4, -0.2) is 40.2 Å². The first-order valence-corrected chi connectivity index (χ1v) is 12.4. The van der Waals surface area contributed by atoms with Crippen LogP contribution < -0.4 is 0 Å². The predicted octanol–water partition coefficient (Wildman–Crippen LogP) is 5.26. The Balaban J connectivity index is 1.14. The lowest BCUT2D eigenvalue weighted by atomic mass is 9.88. The lowest BCUT2D eigenvalue weighted by molar-refractivity contribution is 0.0924. The SMILES string of the molecule is O=C(CC1CCN(Cc2cccnc2)CC1)c1ccc2c(c1)CN(Cc1ccc(F)cc1)CC2. The van der Waals surface area contributed by atoms with Crippen molar-refractivity contribution in [2.24, 2.45) is 5.92 Å². The molecule has 5 heteroatoms. The van der Waals surface area contributed by atoms with Crippen LogP contribution in [0.2, 0.25) is 0 Å². The summed E-state index contributed by atoms with van der Waals surface area (Å²) in [6.07, 6.45) is 7.52. The van der Waals surface area contributed by atoms with Gasteiger partial charge in [0.05, 0.1) is 0 Å². The molecule has 2 aliphatic heterocycles. The highest BCUT2D eigenvalue weighted by Gasteiger charge is 2.23. The molecule has 3 heterocycles. The van der Waals surface area contributed by atoms with E-state index in [4.69, 9.17) is 0 Å². The molecule has 4 nitrogen and oxygen atoms in total. The fourth-order valence-electron chi connectivity index (χ4n) is 5.25. The van der Waals surface area contributed by atoms with Gasteiger partial charge in [0.15, 0.2) is 5.78 Å². The minimum atomic E-state index is -0.199. The van der Waals surface area contributed by atoms with Crippen molar-refractivity contribution in [3.8, 4) is 0 Å². The van der Waals surface area contributed by atoms with E-state index >= 15 is 0 Å². The van der Waals surface area contributed by atoms with Crippen LogP contribution in [-0.2, 0) is 26.1 Å². The molecule has 2 aromatic carbocycles. The largest absolute Gasteiger partial charge is 0.299 e. The first kappa shape index (κ1) is 22.9. The van der Waals surface area contributed by atoms with Crippen LogP contribution in [0.1, 0.15) is 51.9 Å². The van der Waals surface area contributed by atoms with Crippen LogP contribution in [0.15, 0.2) is 67.0 Å². The number of nitrogens with zero attached hydrogens (tertiary/aromatic N) is 3. The molecule has 0 spiro atoms. The Morgan fingerprint density at radius 2 is 1.71 bits per heavy atom. The highest BCUT2D eigenvalue weighted by atomic mass is 19.1. The number of carbonyl (C=O) groups is 1. The maximum atomic E-state index is 13.2. The number of benzene rings is 2. The van der Waals surface area contributed by atoms with Gasteiger partial charge in [0.25, 0.3) is 0 Å². The minimum absolute atomic E-state index is 0.199. The van der Waals surface area contributed by atoms with Crippen LogP contribution in [0, 0.1) is 11.7 Å². The zero-order chi connectivity index (χ0) is 23.3. The first-order valence-electron chi connectivity index (χ1n) is 12.4. The van der Waals surface area contributed by atoms with Gasteiger partial charge in [-0.1, -0.05) is 30.3 Å². The lowest BCUT2D eigenvalue weighted by Crippen LogP contribution is -2.34. The smallest absolute Gasteiger partial charge is 0.163 e. The molecule has 1 saturated heterocycles. The zero-order valence-corrected chi connectivity index (χ0v) is 19.6. The molecule has 3 aromatic rings. The van der Waals surface area contributed by atoms with E-state index in [-0.39, 0.29) is 11.6 Å². The number of carbonyl (C=O) groups excluding carboxylic acids is 1. The van der Waals surface area contributed by atoms with Crippen LogP contribution in [0.3, 0.4) is 0 Å². The molecule has 0 saturated carbocycles. The molecule has 0 amide bonds. The molecule has 0 N–H and O–H groups in total. The van der Waals surface area contributed by atoms with E-state index in [0.29, 0.717) is 12.3 Å². The van der Waals surface area contributed by atoms with Crippen LogP contribution in [0.25, 0.3) is 0 Å². The third-order valence-corrected chi connectivity index (χ3v) is 7.25. The minimum Gasteiger partial charge on any atom is -0.299 e. The van der Waals surface area contributed by atoms with Gasteiger partial charge in [-0.25, -0.2) is 4.39 Å². The second kappa shape index (κ2) is 10.6. The Kier molecular flexibility index (Phi) is 7.12. The average molecular weight is 458 g/mol. The summed E-state index contributed by atoms with van der Waals surface area (Å²) in [6.45, 7) is 5.63. The van der Waals surface area contributed by atoms with Gasteiger partial charge >= 0.3 is 0 Å². The topological polar surface area (TPSA) is 36.4 Å². The van der Waals surface area contributed by atoms with Crippen LogP contribution in [0.4, 0.5) is 4.39 Å². The molecule has 5 rings (SSSR count). The van der Waals surface area contributed by atoms with Crippen molar-refractivity contribution in [1.82, 2.24) is 14.8 Å². The number of hydrogen-bond donors (Lipinski definition) is 0. The number of Topliss-reactive ketones (excluding diaryl/α,β-unsaturated/α-hetero) is 1. The highest BCUT2D eigenvalue weighted by Crippen LogP contribution is 2.26. The number of aromatic nitrogens is 1. The van der Waals surface area contributed by atoms with E-state index in [1.807, 2.05) is 36.7 Å². The van der Waals surface area contributed by atoms with E-state index in [2.05, 4.69) is 33.0 Å². The van der Waals surface area contributed by atoms with Crippen molar-refractivity contribution < 1.29 is 9.18 Å². The van der Waals surface area contributed by atoms with Gasteiger partial charge in [-0.3, -0.25) is 19.6 Å². The van der Waals surface area contributed by atoms with Crippen LogP contribution >= 0.6 is 0 Å². The fraction of sp³-hybridized carbons (Fsp3) is 0.379. The molecule has 0 bridgehead atoms. The average Bonchev–Trinajstić information content (AvgIpc) is 2.87. The van der Waals surface area contributed by atoms with Crippen molar-refractivity contribution in [1.29, 1.82) is 0 Å². The Morgan fingerprint density at radius 3 is 2.47 bits per heavy atom. The number of likely N-dealkylation sites (tertiary alicyclic amines) is 1. The first-order chi connectivity index (χ1) is 16.6. The number of hydrogen-bond acceptors (Lipinski definition) is 4.